The zero-order valence-electron chi connectivity index (χ0n) is 12.9. The van der Waals surface area contributed by atoms with Gasteiger partial charge in [0, 0.05) is 6.07 Å². The maximum Gasteiger partial charge on any atom is 0.216 e. The van der Waals surface area contributed by atoms with Crippen molar-refractivity contribution in [2.75, 3.05) is 0 Å². The lowest BCUT2D eigenvalue weighted by Crippen LogP contribution is -2.05. The molecule has 0 saturated heterocycles. The quantitative estimate of drug-likeness (QED) is 0.618. The number of rotatable bonds is 4. The molecule has 0 spiro atoms. The Morgan fingerprint density at radius 1 is 1.16 bits per heavy atom. The Balaban J connectivity index is 1.70. The summed E-state index contributed by atoms with van der Waals surface area (Å²) in [6.07, 6.45) is 1.40. The standard InChI is InChI=1S/C18H12FN3O3/c19-12-6-4-11(5-7-12)9-24-14-2-1-3-15-17(14)13(23)8-16(25-15)18-20-10-21-22-18/h1-8,10H,9H2,(H,20,21,22). The van der Waals surface area contributed by atoms with E-state index in [9.17, 15) is 9.18 Å². The number of benzene rings is 2. The van der Waals surface area contributed by atoms with E-state index in [1.807, 2.05) is 0 Å². The van der Waals surface area contributed by atoms with E-state index in [-0.39, 0.29) is 23.6 Å². The molecule has 2 aromatic heterocycles. The normalized spacial score (nSPS) is 10.9. The largest absolute Gasteiger partial charge is 0.488 e. The van der Waals surface area contributed by atoms with Crippen molar-refractivity contribution in [3.05, 3.63) is 76.5 Å². The molecule has 124 valence electrons. The van der Waals surface area contributed by atoms with Gasteiger partial charge in [0.05, 0.1) is 0 Å². The Hall–Kier alpha value is -3.48. The summed E-state index contributed by atoms with van der Waals surface area (Å²) < 4.78 is 24.4. The fourth-order valence-electron chi connectivity index (χ4n) is 2.48. The zero-order chi connectivity index (χ0) is 17.2. The first-order valence-electron chi connectivity index (χ1n) is 7.51. The lowest BCUT2D eigenvalue weighted by atomic mass is 10.2. The Bertz CT molecular complexity index is 1070. The molecule has 0 bridgehead atoms. The minimum atomic E-state index is -0.311. The maximum atomic E-state index is 13.0. The first kappa shape index (κ1) is 15.1. The first-order valence-corrected chi connectivity index (χ1v) is 7.51. The van der Waals surface area contributed by atoms with E-state index in [4.69, 9.17) is 9.15 Å². The van der Waals surface area contributed by atoms with Crippen molar-refractivity contribution < 1.29 is 13.5 Å². The van der Waals surface area contributed by atoms with Crippen molar-refractivity contribution in [2.24, 2.45) is 0 Å². The zero-order valence-corrected chi connectivity index (χ0v) is 12.9. The van der Waals surface area contributed by atoms with Crippen LogP contribution in [0.2, 0.25) is 0 Å². The molecule has 0 saturated carbocycles. The minimum Gasteiger partial charge on any atom is -0.488 e. The first-order chi connectivity index (χ1) is 12.2. The van der Waals surface area contributed by atoms with Gasteiger partial charge in [-0.15, -0.1) is 0 Å². The number of aromatic nitrogens is 3. The van der Waals surface area contributed by atoms with Crippen LogP contribution in [0.3, 0.4) is 0 Å². The van der Waals surface area contributed by atoms with Gasteiger partial charge in [0.25, 0.3) is 0 Å². The van der Waals surface area contributed by atoms with E-state index in [1.54, 1.807) is 30.3 Å². The third-order valence-corrected chi connectivity index (χ3v) is 3.66. The van der Waals surface area contributed by atoms with Crippen molar-refractivity contribution in [3.8, 4) is 17.3 Å². The van der Waals surface area contributed by atoms with E-state index in [0.717, 1.165) is 5.56 Å². The van der Waals surface area contributed by atoms with Crippen LogP contribution in [0.5, 0.6) is 5.75 Å². The number of hydrogen-bond donors (Lipinski definition) is 1. The van der Waals surface area contributed by atoms with Crippen LogP contribution in [0.25, 0.3) is 22.6 Å². The van der Waals surface area contributed by atoms with Crippen LogP contribution < -0.4 is 10.2 Å². The number of ether oxygens (including phenoxy) is 1. The van der Waals surface area contributed by atoms with Crippen LogP contribution in [0.4, 0.5) is 4.39 Å². The highest BCUT2D eigenvalue weighted by Gasteiger charge is 2.13. The summed E-state index contributed by atoms with van der Waals surface area (Å²) in [6.45, 7) is 0.210. The van der Waals surface area contributed by atoms with E-state index < -0.39 is 0 Å². The number of fused-ring (bicyclic) bond motifs is 1. The van der Waals surface area contributed by atoms with Crippen molar-refractivity contribution in [3.63, 3.8) is 0 Å². The fourth-order valence-corrected chi connectivity index (χ4v) is 2.48. The molecule has 0 aliphatic rings. The molecule has 0 radical (unpaired) electrons. The van der Waals surface area contributed by atoms with Crippen molar-refractivity contribution in [1.82, 2.24) is 15.2 Å². The lowest BCUT2D eigenvalue weighted by Gasteiger charge is -2.09. The predicted octanol–water partition coefficient (Wildman–Crippen LogP) is 3.30. The molecule has 6 nitrogen and oxygen atoms in total. The molecule has 25 heavy (non-hydrogen) atoms. The van der Waals surface area contributed by atoms with Crippen LogP contribution in [0.1, 0.15) is 5.56 Å². The van der Waals surface area contributed by atoms with Gasteiger partial charge < -0.3 is 9.15 Å². The SMILES string of the molecule is O=c1cc(-c2nc[nH]n2)oc2cccc(OCc3ccc(F)cc3)c12. The second-order valence-electron chi connectivity index (χ2n) is 5.34. The monoisotopic (exact) mass is 337 g/mol. The average molecular weight is 337 g/mol. The van der Waals surface area contributed by atoms with Crippen LogP contribution >= 0.6 is 0 Å². The average Bonchev–Trinajstić information content (AvgIpc) is 3.15. The van der Waals surface area contributed by atoms with Gasteiger partial charge in [0.2, 0.25) is 5.82 Å². The second-order valence-corrected chi connectivity index (χ2v) is 5.34. The summed E-state index contributed by atoms with van der Waals surface area (Å²) in [5.74, 6) is 0.664. The van der Waals surface area contributed by atoms with Crippen molar-refractivity contribution in [2.45, 2.75) is 6.61 Å². The molecule has 0 aliphatic carbocycles. The molecule has 4 aromatic rings. The Kier molecular flexibility index (Phi) is 3.74. The van der Waals surface area contributed by atoms with E-state index >= 15 is 0 Å². The summed E-state index contributed by atoms with van der Waals surface area (Å²) in [5.41, 5.74) is 0.916. The summed E-state index contributed by atoms with van der Waals surface area (Å²) in [6, 6.07) is 12.4. The van der Waals surface area contributed by atoms with Gasteiger partial charge in [0.15, 0.2) is 11.2 Å². The highest BCUT2D eigenvalue weighted by molar-refractivity contribution is 5.84. The molecule has 0 unspecified atom stereocenters. The van der Waals surface area contributed by atoms with Crippen LogP contribution in [-0.4, -0.2) is 15.2 Å². The topological polar surface area (TPSA) is 81.0 Å². The molecular formula is C18H12FN3O3. The van der Waals surface area contributed by atoms with E-state index in [0.29, 0.717) is 22.5 Å². The smallest absolute Gasteiger partial charge is 0.216 e. The van der Waals surface area contributed by atoms with Gasteiger partial charge >= 0.3 is 0 Å². The van der Waals surface area contributed by atoms with Gasteiger partial charge in [0.1, 0.15) is 35.5 Å². The number of nitrogens with one attached hydrogen (secondary N) is 1. The fraction of sp³-hybridized carbons (Fsp3) is 0.0556. The number of aromatic amines is 1. The van der Waals surface area contributed by atoms with Gasteiger partial charge in [-0.1, -0.05) is 18.2 Å². The minimum absolute atomic E-state index is 0.210. The van der Waals surface area contributed by atoms with Gasteiger partial charge in [-0.25, -0.2) is 9.37 Å². The van der Waals surface area contributed by atoms with E-state index in [2.05, 4.69) is 15.2 Å². The summed E-state index contributed by atoms with van der Waals surface area (Å²) in [7, 11) is 0. The highest BCUT2D eigenvalue weighted by Crippen LogP contribution is 2.26. The Labute approximate surface area is 140 Å². The summed E-state index contributed by atoms with van der Waals surface area (Å²) >= 11 is 0. The van der Waals surface area contributed by atoms with E-state index in [1.165, 1.54) is 24.5 Å². The van der Waals surface area contributed by atoms with Gasteiger partial charge in [-0.3, -0.25) is 9.89 Å². The van der Waals surface area contributed by atoms with Gasteiger partial charge in [-0.2, -0.15) is 5.10 Å². The predicted molar refractivity (Wildman–Crippen MR) is 88.6 cm³/mol. The number of nitrogens with zero attached hydrogens (tertiary/aromatic N) is 2. The third-order valence-electron chi connectivity index (χ3n) is 3.66. The van der Waals surface area contributed by atoms with Crippen LogP contribution in [0, 0.1) is 5.82 Å². The third kappa shape index (κ3) is 2.99. The summed E-state index contributed by atoms with van der Waals surface area (Å²) in [5, 5.41) is 6.82. The maximum absolute atomic E-state index is 13.0. The molecule has 0 fully saturated rings. The van der Waals surface area contributed by atoms with Crippen LogP contribution in [0.15, 0.2) is 64.1 Å². The second kappa shape index (κ2) is 6.20. The molecule has 0 atom stereocenters. The molecule has 7 heteroatoms. The number of hydrogen-bond acceptors (Lipinski definition) is 5. The molecule has 2 heterocycles. The molecule has 0 amide bonds. The molecular weight excluding hydrogens is 325 g/mol. The molecule has 2 aromatic carbocycles. The molecule has 4 rings (SSSR count). The Morgan fingerprint density at radius 2 is 2.00 bits per heavy atom. The van der Waals surface area contributed by atoms with Crippen molar-refractivity contribution >= 4 is 11.0 Å². The van der Waals surface area contributed by atoms with Gasteiger partial charge in [-0.05, 0) is 29.8 Å². The van der Waals surface area contributed by atoms with Crippen molar-refractivity contribution in [1.29, 1.82) is 0 Å². The lowest BCUT2D eigenvalue weighted by molar-refractivity contribution is 0.309. The molecule has 0 aliphatic heterocycles. The molecule has 1 N–H and O–H groups in total. The number of H-pyrrole nitrogens is 1. The number of halogens is 1. The van der Waals surface area contributed by atoms with Crippen LogP contribution in [-0.2, 0) is 6.61 Å². The summed E-state index contributed by atoms with van der Waals surface area (Å²) in [4.78, 5) is 16.5. The Morgan fingerprint density at radius 3 is 2.76 bits per heavy atom. The highest BCUT2D eigenvalue weighted by atomic mass is 19.1.